The lowest BCUT2D eigenvalue weighted by Gasteiger charge is -2.35. The summed E-state index contributed by atoms with van der Waals surface area (Å²) in [6.07, 6.45) is 3.43. The molecule has 1 saturated heterocycles. The molecule has 162 valence electrons. The summed E-state index contributed by atoms with van der Waals surface area (Å²) in [7, 11) is 5.50. The number of ether oxygens (including phenoxy) is 1. The molecule has 1 atom stereocenters. The number of carbonyl (C=O) groups is 1. The minimum Gasteiger partial charge on any atom is -0.481 e. The molecule has 3 heterocycles. The molecule has 1 aliphatic heterocycles. The smallest absolute Gasteiger partial charge is 0.263 e. The molecule has 9 heteroatoms. The van der Waals surface area contributed by atoms with Crippen LogP contribution in [0, 0.1) is 6.92 Å². The first kappa shape index (κ1) is 21.8. The summed E-state index contributed by atoms with van der Waals surface area (Å²) < 4.78 is 6.81. The molecule has 0 saturated carbocycles. The second kappa shape index (κ2) is 9.25. The van der Waals surface area contributed by atoms with Gasteiger partial charge in [-0.2, -0.15) is 4.98 Å². The molecule has 0 aliphatic carbocycles. The fourth-order valence-electron chi connectivity index (χ4n) is 3.73. The minimum absolute atomic E-state index is 0.0262. The van der Waals surface area contributed by atoms with Crippen molar-refractivity contribution in [3.63, 3.8) is 0 Å². The van der Waals surface area contributed by atoms with E-state index in [1.54, 1.807) is 35.0 Å². The van der Waals surface area contributed by atoms with Crippen molar-refractivity contribution in [2.45, 2.75) is 19.9 Å². The van der Waals surface area contributed by atoms with E-state index in [-0.39, 0.29) is 23.1 Å². The third-order valence-electron chi connectivity index (χ3n) is 5.32. The lowest BCUT2D eigenvalue weighted by Crippen LogP contribution is -2.50. The highest BCUT2D eigenvalue weighted by Crippen LogP contribution is 2.16. The number of hydrogen-bond acceptors (Lipinski definition) is 7. The number of nitrogens with zero attached hydrogens (tertiary/aromatic N) is 6. The number of hydrogen-bond donors (Lipinski definition) is 0. The van der Waals surface area contributed by atoms with Gasteiger partial charge < -0.3 is 24.0 Å². The second-order valence-corrected chi connectivity index (χ2v) is 7.88. The molecular formula is C21H30N6O3. The van der Waals surface area contributed by atoms with Crippen LogP contribution < -0.4 is 15.2 Å². The number of pyridine rings is 1. The Morgan fingerprint density at radius 3 is 2.57 bits per heavy atom. The van der Waals surface area contributed by atoms with Crippen LogP contribution in [0.15, 0.2) is 29.3 Å². The molecule has 1 unspecified atom stereocenters. The van der Waals surface area contributed by atoms with Crippen molar-refractivity contribution < 1.29 is 9.53 Å². The van der Waals surface area contributed by atoms with Gasteiger partial charge in [0.2, 0.25) is 11.8 Å². The van der Waals surface area contributed by atoms with Gasteiger partial charge in [-0.05, 0) is 39.6 Å². The van der Waals surface area contributed by atoms with Crippen LogP contribution in [0.1, 0.15) is 28.9 Å². The molecule has 0 N–H and O–H groups in total. The third kappa shape index (κ3) is 4.62. The molecule has 1 fully saturated rings. The minimum atomic E-state index is -0.229. The zero-order valence-corrected chi connectivity index (χ0v) is 18.3. The molecule has 30 heavy (non-hydrogen) atoms. The summed E-state index contributed by atoms with van der Waals surface area (Å²) in [4.78, 5) is 40.8. The SMILES string of the molecule is COc1ccnc(N2CCN(C(=O)c3c(C)ccn(C(C)CN(C)C)c3=O)CC2)n1. The van der Waals surface area contributed by atoms with E-state index < -0.39 is 0 Å². The van der Waals surface area contributed by atoms with E-state index in [9.17, 15) is 9.59 Å². The van der Waals surface area contributed by atoms with E-state index >= 15 is 0 Å². The van der Waals surface area contributed by atoms with Gasteiger partial charge in [0.15, 0.2) is 0 Å². The van der Waals surface area contributed by atoms with Crippen LogP contribution in [0.5, 0.6) is 5.88 Å². The Kier molecular flexibility index (Phi) is 6.71. The number of amides is 1. The number of aryl methyl sites for hydroxylation is 1. The molecule has 9 nitrogen and oxygen atoms in total. The average molecular weight is 415 g/mol. The molecule has 1 amide bonds. The van der Waals surface area contributed by atoms with Gasteiger partial charge in [0, 0.05) is 57.2 Å². The molecule has 0 spiro atoms. The van der Waals surface area contributed by atoms with Crippen LogP contribution >= 0.6 is 0 Å². The van der Waals surface area contributed by atoms with Gasteiger partial charge in [0.25, 0.3) is 11.5 Å². The fraction of sp³-hybridized carbons (Fsp3) is 0.524. The number of anilines is 1. The molecule has 2 aromatic heterocycles. The number of carbonyl (C=O) groups excluding carboxylic acids is 1. The molecule has 0 bridgehead atoms. The maximum atomic E-state index is 13.2. The van der Waals surface area contributed by atoms with Crippen molar-refractivity contribution in [2.75, 3.05) is 58.8 Å². The number of piperazine rings is 1. The second-order valence-electron chi connectivity index (χ2n) is 7.88. The van der Waals surface area contributed by atoms with Crippen molar-refractivity contribution in [1.29, 1.82) is 0 Å². The molecule has 0 aromatic carbocycles. The molecular weight excluding hydrogens is 384 g/mol. The molecule has 3 rings (SSSR count). The first-order valence-electron chi connectivity index (χ1n) is 10.1. The van der Waals surface area contributed by atoms with Crippen molar-refractivity contribution in [1.82, 2.24) is 24.3 Å². The summed E-state index contributed by atoms with van der Waals surface area (Å²) in [5.41, 5.74) is 0.735. The summed E-state index contributed by atoms with van der Waals surface area (Å²) in [6.45, 7) is 6.70. The van der Waals surface area contributed by atoms with Crippen molar-refractivity contribution in [2.24, 2.45) is 0 Å². The predicted octanol–water partition coefficient (Wildman–Crippen LogP) is 1.04. The van der Waals surface area contributed by atoms with Gasteiger partial charge in [-0.3, -0.25) is 9.59 Å². The quantitative estimate of drug-likeness (QED) is 0.698. The highest BCUT2D eigenvalue weighted by Gasteiger charge is 2.27. The van der Waals surface area contributed by atoms with E-state index in [2.05, 4.69) is 9.97 Å². The van der Waals surface area contributed by atoms with Crippen molar-refractivity contribution in [3.8, 4) is 5.88 Å². The van der Waals surface area contributed by atoms with Crippen LogP contribution in [-0.2, 0) is 0 Å². The van der Waals surface area contributed by atoms with Crippen molar-refractivity contribution in [3.05, 3.63) is 46.0 Å². The summed E-state index contributed by atoms with van der Waals surface area (Å²) in [5.74, 6) is 0.873. The number of likely N-dealkylation sites (N-methyl/N-ethyl adjacent to an activating group) is 1. The monoisotopic (exact) mass is 414 g/mol. The first-order valence-corrected chi connectivity index (χ1v) is 10.1. The Bertz CT molecular complexity index is 950. The lowest BCUT2D eigenvalue weighted by atomic mass is 10.1. The number of aromatic nitrogens is 3. The van der Waals surface area contributed by atoms with Crippen LogP contribution in [-0.4, -0.2) is 84.2 Å². The Hall–Kier alpha value is -2.94. The van der Waals surface area contributed by atoms with Gasteiger partial charge in [-0.25, -0.2) is 4.98 Å². The zero-order valence-electron chi connectivity index (χ0n) is 18.3. The predicted molar refractivity (Wildman–Crippen MR) is 115 cm³/mol. The Morgan fingerprint density at radius 1 is 1.23 bits per heavy atom. The third-order valence-corrected chi connectivity index (χ3v) is 5.32. The lowest BCUT2D eigenvalue weighted by molar-refractivity contribution is 0.0742. The number of methoxy groups -OCH3 is 1. The zero-order chi connectivity index (χ0) is 21.8. The fourth-order valence-corrected chi connectivity index (χ4v) is 3.73. The molecule has 1 aliphatic rings. The normalized spacial score (nSPS) is 15.4. The van der Waals surface area contributed by atoms with E-state index in [4.69, 9.17) is 4.74 Å². The largest absolute Gasteiger partial charge is 0.481 e. The maximum Gasteiger partial charge on any atom is 0.263 e. The van der Waals surface area contributed by atoms with Gasteiger partial charge >= 0.3 is 0 Å². The van der Waals surface area contributed by atoms with E-state index in [1.165, 1.54) is 0 Å². The summed E-state index contributed by atoms with van der Waals surface area (Å²) in [6, 6.07) is 3.52. The topological polar surface area (TPSA) is 83.8 Å². The summed E-state index contributed by atoms with van der Waals surface area (Å²) in [5, 5.41) is 0. The van der Waals surface area contributed by atoms with Gasteiger partial charge in [-0.1, -0.05) is 0 Å². The number of rotatable bonds is 6. The standard InChI is InChI=1S/C21H30N6O3/c1-15-7-9-27(16(2)14-24(3)4)20(29)18(15)19(28)25-10-12-26(13-11-25)21-22-8-6-17(23-21)30-5/h6-9,16H,10-14H2,1-5H3. The highest BCUT2D eigenvalue weighted by atomic mass is 16.5. The first-order chi connectivity index (χ1) is 14.3. The van der Waals surface area contributed by atoms with Crippen LogP contribution in [0.25, 0.3) is 0 Å². The average Bonchev–Trinajstić information content (AvgIpc) is 2.73. The summed E-state index contributed by atoms with van der Waals surface area (Å²) >= 11 is 0. The Balaban J connectivity index is 1.75. The van der Waals surface area contributed by atoms with E-state index in [0.717, 1.165) is 6.54 Å². The van der Waals surface area contributed by atoms with Gasteiger partial charge in [0.1, 0.15) is 5.56 Å². The maximum absolute atomic E-state index is 13.2. The van der Waals surface area contributed by atoms with E-state index in [1.807, 2.05) is 43.8 Å². The molecule has 0 radical (unpaired) electrons. The van der Waals surface area contributed by atoms with Gasteiger partial charge in [-0.15, -0.1) is 0 Å². The van der Waals surface area contributed by atoms with Crippen molar-refractivity contribution >= 4 is 11.9 Å². The van der Waals surface area contributed by atoms with Gasteiger partial charge in [0.05, 0.1) is 7.11 Å². The van der Waals surface area contributed by atoms with Crippen LogP contribution in [0.4, 0.5) is 5.95 Å². The molecule has 2 aromatic rings. The van der Waals surface area contributed by atoms with Crippen LogP contribution in [0.3, 0.4) is 0 Å². The Morgan fingerprint density at radius 2 is 1.93 bits per heavy atom. The van der Waals surface area contributed by atoms with Crippen LogP contribution in [0.2, 0.25) is 0 Å². The highest BCUT2D eigenvalue weighted by molar-refractivity contribution is 5.95. The Labute approximate surface area is 176 Å². The van der Waals surface area contributed by atoms with E-state index in [0.29, 0.717) is 43.6 Å².